The summed E-state index contributed by atoms with van der Waals surface area (Å²) in [5.74, 6) is -0.531. The number of nitrogens with one attached hydrogen (secondary N) is 1. The van der Waals surface area contributed by atoms with E-state index in [4.69, 9.17) is 13.8 Å². The second-order valence-electron chi connectivity index (χ2n) is 17.8. The van der Waals surface area contributed by atoms with Gasteiger partial charge in [-0.15, -0.1) is 0 Å². The molecule has 0 rings (SSSR count). The number of amides is 1. The summed E-state index contributed by atoms with van der Waals surface area (Å²) < 4.78 is 27.0. The van der Waals surface area contributed by atoms with Gasteiger partial charge < -0.3 is 20.1 Å². The lowest BCUT2D eigenvalue weighted by Gasteiger charge is -2.15. The number of hydrogen-bond donors (Lipinski definition) is 3. The highest BCUT2D eigenvalue weighted by atomic mass is 31.2. The van der Waals surface area contributed by atoms with Crippen LogP contribution in [0.3, 0.4) is 0 Å². The number of allylic oxidation sites excluding steroid dienone is 10. The molecule has 0 fully saturated rings. The summed E-state index contributed by atoms with van der Waals surface area (Å²) in [6, 6.07) is 0. The van der Waals surface area contributed by atoms with Crippen molar-refractivity contribution in [2.45, 2.75) is 251 Å². The fraction of sp³-hybridized carbons (Fsp3) is 0.782. The predicted molar refractivity (Wildman–Crippen MR) is 275 cm³/mol. The Morgan fingerprint density at radius 3 is 1.29 bits per heavy atom. The summed E-state index contributed by atoms with van der Waals surface area (Å²) in [4.78, 5) is 34.1. The fourth-order valence-corrected chi connectivity index (χ4v) is 8.12. The Bertz CT molecular complexity index is 1250. The minimum atomic E-state index is -4.43. The van der Waals surface area contributed by atoms with Crippen LogP contribution in [0.2, 0.25) is 0 Å². The van der Waals surface area contributed by atoms with Crippen molar-refractivity contribution in [3.63, 3.8) is 0 Å². The molecule has 0 aromatic carbocycles. The highest BCUT2D eigenvalue weighted by molar-refractivity contribution is 7.47. The average Bonchev–Trinajstić information content (AvgIpc) is 3.29. The third-order valence-corrected chi connectivity index (χ3v) is 12.4. The summed E-state index contributed by atoms with van der Waals surface area (Å²) >= 11 is 0. The summed E-state index contributed by atoms with van der Waals surface area (Å²) in [6.45, 7) is 3.53. The monoisotopic (exact) mass is 934 g/mol. The van der Waals surface area contributed by atoms with Crippen LogP contribution in [-0.4, -0.2) is 54.3 Å². The van der Waals surface area contributed by atoms with Crippen molar-refractivity contribution in [3.05, 3.63) is 60.8 Å². The number of carbonyl (C=O) groups excluding carboxylic acids is 2. The molecule has 0 spiro atoms. The molecule has 2 unspecified atom stereocenters. The largest absolute Gasteiger partial charge is 0.472 e. The molecule has 10 heteroatoms. The van der Waals surface area contributed by atoms with E-state index < -0.39 is 26.5 Å². The lowest BCUT2D eigenvalue weighted by atomic mass is 10.0. The number of aliphatic hydroxyl groups is 1. The van der Waals surface area contributed by atoms with Gasteiger partial charge in [0.15, 0.2) is 0 Å². The zero-order chi connectivity index (χ0) is 47.4. The van der Waals surface area contributed by atoms with E-state index in [9.17, 15) is 24.2 Å². The first-order valence-electron chi connectivity index (χ1n) is 26.8. The standard InChI is InChI=1S/C55H100NO8P/c1-3-5-7-9-11-13-15-17-19-21-23-25-26-28-29-31-33-35-37-39-41-43-45-47-54(58)56-49-50-63-65(60,61)64-52-53(57)51-62-55(59)48-46-44-42-40-38-36-34-32-30-27-24-22-20-18-16-14-12-10-8-6-4-2/h12,14,17-20,24,27,32,34,53,57H,3-11,13,15-16,21-23,25-26,28-31,33,35-52H2,1-2H3,(H,56,58)(H,60,61)/b14-12-,19-17+,20-18-,27-24-,34-32-. The minimum absolute atomic E-state index is 0.0784. The third kappa shape index (κ3) is 52.5. The molecule has 0 radical (unpaired) electrons. The summed E-state index contributed by atoms with van der Waals surface area (Å²) in [6.07, 6.45) is 63.0. The molecule has 1 amide bonds. The van der Waals surface area contributed by atoms with Crippen molar-refractivity contribution < 1.29 is 37.9 Å². The molecule has 9 nitrogen and oxygen atoms in total. The number of esters is 1. The summed E-state index contributed by atoms with van der Waals surface area (Å²) in [5, 5.41) is 12.8. The van der Waals surface area contributed by atoms with E-state index >= 15 is 0 Å². The second-order valence-corrected chi connectivity index (χ2v) is 19.3. The van der Waals surface area contributed by atoms with E-state index in [1.807, 2.05) is 0 Å². The van der Waals surface area contributed by atoms with E-state index in [-0.39, 0.29) is 32.1 Å². The van der Waals surface area contributed by atoms with Gasteiger partial charge in [-0.3, -0.25) is 18.6 Å². The van der Waals surface area contributed by atoms with Crippen LogP contribution in [0.25, 0.3) is 0 Å². The normalized spacial score (nSPS) is 13.6. The molecule has 0 saturated carbocycles. The van der Waals surface area contributed by atoms with Crippen molar-refractivity contribution in [3.8, 4) is 0 Å². The number of carbonyl (C=O) groups is 2. The van der Waals surface area contributed by atoms with E-state index in [2.05, 4.69) is 79.9 Å². The Morgan fingerprint density at radius 1 is 0.477 bits per heavy atom. The maximum atomic E-state index is 12.2. The van der Waals surface area contributed by atoms with Gasteiger partial charge >= 0.3 is 13.8 Å². The van der Waals surface area contributed by atoms with Crippen molar-refractivity contribution in [2.24, 2.45) is 0 Å². The molecular formula is C55H100NO8P. The first-order valence-corrected chi connectivity index (χ1v) is 28.3. The maximum absolute atomic E-state index is 12.2. The zero-order valence-electron chi connectivity index (χ0n) is 41.9. The smallest absolute Gasteiger partial charge is 0.463 e. The molecular weight excluding hydrogens is 834 g/mol. The quantitative estimate of drug-likeness (QED) is 0.0238. The fourth-order valence-electron chi connectivity index (χ4n) is 7.36. The average molecular weight is 934 g/mol. The molecule has 378 valence electrons. The van der Waals surface area contributed by atoms with E-state index in [0.717, 1.165) is 70.6 Å². The van der Waals surface area contributed by atoms with Gasteiger partial charge in [0.1, 0.15) is 12.7 Å². The molecule has 0 aliphatic rings. The molecule has 0 heterocycles. The van der Waals surface area contributed by atoms with Crippen LogP contribution in [0, 0.1) is 0 Å². The van der Waals surface area contributed by atoms with Gasteiger partial charge in [0.25, 0.3) is 0 Å². The van der Waals surface area contributed by atoms with Gasteiger partial charge in [-0.2, -0.15) is 0 Å². The van der Waals surface area contributed by atoms with Crippen LogP contribution in [0.5, 0.6) is 0 Å². The van der Waals surface area contributed by atoms with E-state index in [0.29, 0.717) is 12.8 Å². The van der Waals surface area contributed by atoms with Gasteiger partial charge in [-0.25, -0.2) is 4.57 Å². The van der Waals surface area contributed by atoms with Crippen LogP contribution < -0.4 is 5.32 Å². The van der Waals surface area contributed by atoms with Crippen LogP contribution in [0.1, 0.15) is 245 Å². The number of aliphatic hydroxyl groups excluding tert-OH is 1. The van der Waals surface area contributed by atoms with Crippen LogP contribution in [-0.2, 0) is 27.9 Å². The highest BCUT2D eigenvalue weighted by Gasteiger charge is 2.23. The Kier molecular flexibility index (Phi) is 49.3. The molecule has 0 aromatic rings. The van der Waals surface area contributed by atoms with Gasteiger partial charge in [0.2, 0.25) is 5.91 Å². The lowest BCUT2D eigenvalue weighted by molar-refractivity contribution is -0.147. The van der Waals surface area contributed by atoms with Crippen LogP contribution >= 0.6 is 7.82 Å². The molecule has 0 aromatic heterocycles. The molecule has 0 aliphatic carbocycles. The Balaban J connectivity index is 3.58. The predicted octanol–water partition coefficient (Wildman–Crippen LogP) is 16.0. The van der Waals surface area contributed by atoms with Crippen LogP contribution in [0.4, 0.5) is 0 Å². The number of unbranched alkanes of at least 4 members (excludes halogenated alkanes) is 27. The zero-order valence-corrected chi connectivity index (χ0v) is 42.8. The van der Waals surface area contributed by atoms with Crippen molar-refractivity contribution in [2.75, 3.05) is 26.4 Å². The molecule has 0 aliphatic heterocycles. The highest BCUT2D eigenvalue weighted by Crippen LogP contribution is 2.42. The molecule has 0 bridgehead atoms. The Hall–Kier alpha value is -2.29. The van der Waals surface area contributed by atoms with Crippen molar-refractivity contribution >= 4 is 19.7 Å². The Morgan fingerprint density at radius 2 is 0.831 bits per heavy atom. The van der Waals surface area contributed by atoms with Gasteiger partial charge in [0, 0.05) is 19.4 Å². The van der Waals surface area contributed by atoms with Crippen molar-refractivity contribution in [1.82, 2.24) is 5.32 Å². The number of rotatable bonds is 50. The lowest BCUT2D eigenvalue weighted by Crippen LogP contribution is -2.27. The third-order valence-electron chi connectivity index (χ3n) is 11.4. The maximum Gasteiger partial charge on any atom is 0.472 e. The first-order chi connectivity index (χ1) is 31.8. The summed E-state index contributed by atoms with van der Waals surface area (Å²) in [7, 11) is -4.43. The number of hydrogen-bond acceptors (Lipinski definition) is 7. The van der Waals surface area contributed by atoms with E-state index in [1.54, 1.807) is 0 Å². The van der Waals surface area contributed by atoms with Crippen LogP contribution in [0.15, 0.2) is 60.8 Å². The Labute approximate surface area is 399 Å². The SMILES string of the molecule is CCCCC/C=C\C/C=C\C/C=C\C/C=C\CCCCCCCC(=O)OCC(O)COP(=O)(O)OCCNC(=O)CCCCCCCCCCCCCCC/C=C/CCCCCCCC. The molecule has 0 saturated heterocycles. The van der Waals surface area contributed by atoms with E-state index in [1.165, 1.54) is 141 Å². The van der Waals surface area contributed by atoms with Gasteiger partial charge in [0.05, 0.1) is 13.2 Å². The topological polar surface area (TPSA) is 131 Å². The molecule has 2 atom stereocenters. The molecule has 65 heavy (non-hydrogen) atoms. The first kappa shape index (κ1) is 62.7. The second kappa shape index (κ2) is 51.1. The number of phosphoric acid groups is 1. The summed E-state index contributed by atoms with van der Waals surface area (Å²) in [5.41, 5.74) is 0. The minimum Gasteiger partial charge on any atom is -0.463 e. The van der Waals surface area contributed by atoms with Gasteiger partial charge in [-0.05, 0) is 83.5 Å². The number of ether oxygens (including phenoxy) is 1. The number of phosphoric ester groups is 1. The molecule has 3 N–H and O–H groups in total. The van der Waals surface area contributed by atoms with Crippen molar-refractivity contribution in [1.29, 1.82) is 0 Å². The van der Waals surface area contributed by atoms with Gasteiger partial charge in [-0.1, -0.05) is 209 Å².